The van der Waals surface area contributed by atoms with E-state index in [1.165, 1.54) is 0 Å². The largest absolute Gasteiger partial charge is 0.419 e. The van der Waals surface area contributed by atoms with Crippen molar-refractivity contribution in [2.24, 2.45) is 0 Å². The number of ether oxygens (including phenoxy) is 2. The van der Waals surface area contributed by atoms with Gasteiger partial charge in [-0.1, -0.05) is 50.7 Å². The summed E-state index contributed by atoms with van der Waals surface area (Å²) in [6.07, 6.45) is 2.40. The second-order valence-electron chi connectivity index (χ2n) is 6.75. The third kappa shape index (κ3) is 7.83. The lowest BCUT2D eigenvalue weighted by molar-refractivity contribution is 0.135. The molecule has 2 rings (SSSR count). The van der Waals surface area contributed by atoms with E-state index in [0.29, 0.717) is 25.5 Å². The van der Waals surface area contributed by atoms with Crippen LogP contribution in [0.2, 0.25) is 0 Å². The smallest absolute Gasteiger partial charge is 0.410 e. The molecule has 156 valence electrons. The van der Waals surface area contributed by atoms with E-state index in [9.17, 15) is 4.79 Å². The normalized spacial score (nSPS) is 10.4. The Morgan fingerprint density at radius 3 is 2.62 bits per heavy atom. The van der Waals surface area contributed by atoms with Gasteiger partial charge in [-0.3, -0.25) is 4.90 Å². The molecule has 0 aliphatic heterocycles. The monoisotopic (exact) mass is 414 g/mol. The van der Waals surface area contributed by atoms with Crippen molar-refractivity contribution in [3.8, 4) is 5.75 Å². The summed E-state index contributed by atoms with van der Waals surface area (Å²) in [5.74, 6) is 0.462. The minimum Gasteiger partial charge on any atom is -0.410 e. The van der Waals surface area contributed by atoms with Gasteiger partial charge in [0, 0.05) is 24.0 Å². The van der Waals surface area contributed by atoms with Crippen molar-refractivity contribution in [1.29, 1.82) is 0 Å². The third-order valence-corrected chi connectivity index (χ3v) is 4.67. The molecule has 0 fully saturated rings. The number of nitrogens with zero attached hydrogens (tertiary/aromatic N) is 1. The molecule has 0 unspecified atom stereocenters. The molecule has 0 aromatic heterocycles. The highest BCUT2D eigenvalue weighted by Gasteiger charge is 2.18. The van der Waals surface area contributed by atoms with Crippen LogP contribution in [0.1, 0.15) is 38.7 Å². The van der Waals surface area contributed by atoms with Gasteiger partial charge < -0.3 is 14.8 Å². The van der Waals surface area contributed by atoms with Gasteiger partial charge in [-0.2, -0.15) is 0 Å². The van der Waals surface area contributed by atoms with Crippen LogP contribution in [0, 0.1) is 6.92 Å². The number of hydrogen-bond donors (Lipinski definition) is 1. The van der Waals surface area contributed by atoms with E-state index in [1.807, 2.05) is 50.2 Å². The molecule has 6 heteroatoms. The highest BCUT2D eigenvalue weighted by molar-refractivity contribution is 7.80. The molecule has 29 heavy (non-hydrogen) atoms. The number of benzene rings is 2. The lowest BCUT2D eigenvalue weighted by Crippen LogP contribution is -2.36. The fourth-order valence-electron chi connectivity index (χ4n) is 2.67. The Morgan fingerprint density at radius 1 is 1.10 bits per heavy atom. The highest BCUT2D eigenvalue weighted by Crippen LogP contribution is 2.21. The van der Waals surface area contributed by atoms with Gasteiger partial charge >= 0.3 is 6.09 Å². The maximum atomic E-state index is 12.9. The summed E-state index contributed by atoms with van der Waals surface area (Å²) in [5, 5.41) is 3.13. The van der Waals surface area contributed by atoms with Crippen molar-refractivity contribution in [1.82, 2.24) is 0 Å². The summed E-state index contributed by atoms with van der Waals surface area (Å²) in [4.78, 5) is 15.3. The first-order chi connectivity index (χ1) is 14.0. The number of aryl methyl sites for hydroxylation is 1. The van der Waals surface area contributed by atoms with Crippen LogP contribution >= 0.6 is 12.2 Å². The van der Waals surface area contributed by atoms with E-state index in [2.05, 4.69) is 12.2 Å². The number of hydrogen-bond acceptors (Lipinski definition) is 4. The predicted octanol–water partition coefficient (Wildman–Crippen LogP) is 5.97. The Balaban J connectivity index is 2.10. The summed E-state index contributed by atoms with van der Waals surface area (Å²) >= 11 is 5.22. The molecule has 0 radical (unpaired) electrons. The van der Waals surface area contributed by atoms with E-state index >= 15 is 0 Å². The molecule has 5 nitrogen and oxygen atoms in total. The van der Waals surface area contributed by atoms with Crippen molar-refractivity contribution in [3.05, 3.63) is 54.1 Å². The molecule has 0 atom stereocenters. The van der Waals surface area contributed by atoms with Crippen molar-refractivity contribution >= 4 is 34.7 Å². The van der Waals surface area contributed by atoms with Crippen molar-refractivity contribution < 1.29 is 14.3 Å². The molecule has 0 saturated carbocycles. The van der Waals surface area contributed by atoms with E-state index in [4.69, 9.17) is 21.7 Å². The summed E-state index contributed by atoms with van der Waals surface area (Å²) in [6, 6.07) is 15.0. The topological polar surface area (TPSA) is 50.8 Å². The van der Waals surface area contributed by atoms with Crippen LogP contribution in [0.15, 0.2) is 48.5 Å². The zero-order valence-corrected chi connectivity index (χ0v) is 18.3. The summed E-state index contributed by atoms with van der Waals surface area (Å²) < 4.78 is 11.3. The Kier molecular flexibility index (Phi) is 9.60. The van der Waals surface area contributed by atoms with E-state index in [-0.39, 0.29) is 0 Å². The minimum absolute atomic E-state index is 0.420. The molecule has 1 N–H and O–H groups in total. The van der Waals surface area contributed by atoms with Gasteiger partial charge in [-0.25, -0.2) is 4.79 Å². The number of anilines is 2. The zero-order valence-electron chi connectivity index (χ0n) is 17.4. The molecular formula is C23H30N2O3S. The van der Waals surface area contributed by atoms with Crippen molar-refractivity contribution in [2.45, 2.75) is 40.0 Å². The number of thiocarbonyl (C=S) groups is 1. The first-order valence-corrected chi connectivity index (χ1v) is 10.5. The van der Waals surface area contributed by atoms with Gasteiger partial charge in [0.15, 0.2) is 0 Å². The van der Waals surface area contributed by atoms with Crippen LogP contribution in [0.3, 0.4) is 0 Å². The van der Waals surface area contributed by atoms with Gasteiger partial charge in [0.2, 0.25) is 0 Å². The molecule has 0 spiro atoms. The molecule has 0 aliphatic carbocycles. The fourth-order valence-corrected chi connectivity index (χ4v) is 2.79. The zero-order chi connectivity index (χ0) is 21.1. The predicted molar refractivity (Wildman–Crippen MR) is 123 cm³/mol. The minimum atomic E-state index is -0.440. The lowest BCUT2D eigenvalue weighted by Gasteiger charge is -2.22. The Bertz CT molecular complexity index is 810. The molecular weight excluding hydrogens is 384 g/mol. The summed E-state index contributed by atoms with van der Waals surface area (Å²) in [5.41, 5.74) is 2.66. The number of carbonyl (C=O) groups is 1. The Morgan fingerprint density at radius 2 is 1.90 bits per heavy atom. The number of amides is 1. The number of rotatable bonds is 10. The molecule has 1 amide bonds. The first-order valence-electron chi connectivity index (χ1n) is 10.1. The number of carbonyl (C=O) groups excluding carboxylic acids is 1. The second kappa shape index (κ2) is 12.2. The molecule has 0 saturated heterocycles. The second-order valence-corrected chi connectivity index (χ2v) is 7.25. The molecule has 2 aromatic rings. The average Bonchev–Trinajstić information content (AvgIpc) is 2.70. The van der Waals surface area contributed by atoms with Crippen LogP contribution in [0.25, 0.3) is 0 Å². The van der Waals surface area contributed by atoms with Gasteiger partial charge in [0.05, 0.1) is 18.1 Å². The molecule has 0 aliphatic rings. The standard InChI is InChI=1S/C23H30N2O3S/c1-4-6-14-27-15-13-25(20-11-7-9-18(3)16-20)23(26)28-21-12-8-10-19(17-21)24-22(29)5-2/h7-12,16-17H,4-6,13-15H2,1-3H3,(H,24,29). The van der Waals surface area contributed by atoms with Crippen LogP contribution in [-0.2, 0) is 4.74 Å². The van der Waals surface area contributed by atoms with Gasteiger partial charge in [0.1, 0.15) is 5.75 Å². The van der Waals surface area contributed by atoms with Crippen LogP contribution in [0.5, 0.6) is 5.75 Å². The fraction of sp³-hybridized carbons (Fsp3) is 0.391. The lowest BCUT2D eigenvalue weighted by atomic mass is 10.2. The first kappa shape index (κ1) is 22.8. The summed E-state index contributed by atoms with van der Waals surface area (Å²) in [7, 11) is 0. The van der Waals surface area contributed by atoms with Gasteiger partial charge in [0.25, 0.3) is 0 Å². The molecule has 0 heterocycles. The van der Waals surface area contributed by atoms with Crippen molar-refractivity contribution in [2.75, 3.05) is 30.0 Å². The Labute approximate surface area is 179 Å². The van der Waals surface area contributed by atoms with Gasteiger partial charge in [-0.05, 0) is 49.6 Å². The van der Waals surface area contributed by atoms with Crippen LogP contribution < -0.4 is 15.0 Å². The molecule has 0 bridgehead atoms. The quantitative estimate of drug-likeness (QED) is 0.384. The van der Waals surface area contributed by atoms with Crippen LogP contribution in [-0.4, -0.2) is 30.8 Å². The molecule has 2 aromatic carbocycles. The van der Waals surface area contributed by atoms with Gasteiger partial charge in [-0.15, -0.1) is 0 Å². The average molecular weight is 415 g/mol. The SMILES string of the molecule is CCCCOCCN(C(=O)Oc1cccc(NC(=S)CC)c1)c1cccc(C)c1. The van der Waals surface area contributed by atoms with Crippen molar-refractivity contribution in [3.63, 3.8) is 0 Å². The maximum Gasteiger partial charge on any atom is 0.419 e. The number of unbranched alkanes of at least 4 members (excludes halogenated alkanes) is 1. The van der Waals surface area contributed by atoms with E-state index < -0.39 is 6.09 Å². The van der Waals surface area contributed by atoms with E-state index in [0.717, 1.165) is 41.2 Å². The van der Waals surface area contributed by atoms with Crippen LogP contribution in [0.4, 0.5) is 16.2 Å². The highest BCUT2D eigenvalue weighted by atomic mass is 32.1. The summed E-state index contributed by atoms with van der Waals surface area (Å²) in [6.45, 7) is 7.67. The number of nitrogens with one attached hydrogen (secondary N) is 1. The maximum absolute atomic E-state index is 12.9. The Hall–Kier alpha value is -2.44. The third-order valence-electron chi connectivity index (χ3n) is 4.28. The van der Waals surface area contributed by atoms with E-state index in [1.54, 1.807) is 17.0 Å².